The summed E-state index contributed by atoms with van der Waals surface area (Å²) in [4.78, 5) is 4.35. The van der Waals surface area contributed by atoms with Gasteiger partial charge in [0, 0.05) is 31.1 Å². The van der Waals surface area contributed by atoms with Crippen molar-refractivity contribution in [3.8, 4) is 0 Å². The molecule has 0 aliphatic carbocycles. The van der Waals surface area contributed by atoms with Crippen LogP contribution in [0.15, 0.2) is 11.2 Å². The third-order valence-corrected chi connectivity index (χ3v) is 3.28. The summed E-state index contributed by atoms with van der Waals surface area (Å²) < 4.78 is 1.87. The van der Waals surface area contributed by atoms with Crippen LogP contribution in [0.1, 0.15) is 18.2 Å². The van der Waals surface area contributed by atoms with Crippen molar-refractivity contribution in [1.29, 1.82) is 0 Å². The lowest BCUT2D eigenvalue weighted by Gasteiger charge is -2.03. The van der Waals surface area contributed by atoms with Gasteiger partial charge in [-0.15, -0.1) is 0 Å². The number of nitrogens with one attached hydrogen (secondary N) is 1. The SMILES string of the molecule is CCc1nn(C)cc1CNC1=NCCS1. The number of nitrogens with zero attached hydrogens (tertiary/aromatic N) is 3. The van der Waals surface area contributed by atoms with Gasteiger partial charge in [0.05, 0.1) is 12.2 Å². The quantitative estimate of drug-likeness (QED) is 0.838. The largest absolute Gasteiger partial charge is 0.361 e. The predicted molar refractivity (Wildman–Crippen MR) is 64.2 cm³/mol. The Labute approximate surface area is 94.2 Å². The molecule has 0 saturated heterocycles. The van der Waals surface area contributed by atoms with Gasteiger partial charge in [0.2, 0.25) is 0 Å². The van der Waals surface area contributed by atoms with Gasteiger partial charge in [-0.25, -0.2) is 0 Å². The summed E-state index contributed by atoms with van der Waals surface area (Å²) in [6.45, 7) is 3.91. The molecule has 0 atom stereocenters. The van der Waals surface area contributed by atoms with Crippen molar-refractivity contribution in [2.24, 2.45) is 12.0 Å². The van der Waals surface area contributed by atoms with Crippen molar-refractivity contribution in [2.45, 2.75) is 19.9 Å². The smallest absolute Gasteiger partial charge is 0.156 e. The minimum absolute atomic E-state index is 0.836. The first kappa shape index (κ1) is 10.5. The van der Waals surface area contributed by atoms with Crippen LogP contribution in [-0.4, -0.2) is 27.2 Å². The number of hydrogen-bond donors (Lipinski definition) is 1. The molecule has 1 aliphatic heterocycles. The van der Waals surface area contributed by atoms with Crippen LogP contribution >= 0.6 is 11.8 Å². The minimum atomic E-state index is 0.836. The van der Waals surface area contributed by atoms with Crippen LogP contribution in [0.2, 0.25) is 0 Å². The van der Waals surface area contributed by atoms with Gasteiger partial charge in [-0.2, -0.15) is 5.10 Å². The molecule has 1 aromatic heterocycles. The fourth-order valence-corrected chi connectivity index (χ4v) is 2.37. The molecule has 0 bridgehead atoms. The van der Waals surface area contributed by atoms with Crippen LogP contribution in [0.3, 0.4) is 0 Å². The van der Waals surface area contributed by atoms with E-state index in [4.69, 9.17) is 0 Å². The van der Waals surface area contributed by atoms with E-state index in [9.17, 15) is 0 Å². The molecule has 82 valence electrons. The molecule has 15 heavy (non-hydrogen) atoms. The van der Waals surface area contributed by atoms with E-state index in [1.54, 1.807) is 11.8 Å². The Morgan fingerprint density at radius 2 is 2.47 bits per heavy atom. The molecule has 0 aromatic carbocycles. The van der Waals surface area contributed by atoms with Crippen LogP contribution in [0, 0.1) is 0 Å². The first-order valence-corrected chi connectivity index (χ1v) is 6.20. The lowest BCUT2D eigenvalue weighted by Crippen LogP contribution is -2.18. The topological polar surface area (TPSA) is 42.2 Å². The summed E-state index contributed by atoms with van der Waals surface area (Å²) in [6, 6.07) is 0. The van der Waals surface area contributed by atoms with E-state index < -0.39 is 0 Å². The number of amidine groups is 1. The molecule has 0 saturated carbocycles. The molecule has 5 heteroatoms. The third kappa shape index (κ3) is 2.53. The summed E-state index contributed by atoms with van der Waals surface area (Å²) >= 11 is 1.79. The summed E-state index contributed by atoms with van der Waals surface area (Å²) in [6.07, 6.45) is 3.06. The van der Waals surface area contributed by atoms with Crippen LogP contribution in [0.5, 0.6) is 0 Å². The van der Waals surface area contributed by atoms with E-state index in [0.29, 0.717) is 0 Å². The molecule has 2 heterocycles. The molecule has 0 unspecified atom stereocenters. The number of aliphatic imine (C=N–C) groups is 1. The zero-order chi connectivity index (χ0) is 10.7. The van der Waals surface area contributed by atoms with Crippen LogP contribution in [-0.2, 0) is 20.0 Å². The summed E-state index contributed by atoms with van der Waals surface area (Å²) in [5.41, 5.74) is 2.45. The van der Waals surface area contributed by atoms with Gasteiger partial charge in [0.1, 0.15) is 0 Å². The van der Waals surface area contributed by atoms with E-state index in [1.807, 2.05) is 11.7 Å². The van der Waals surface area contributed by atoms with Crippen LogP contribution in [0.25, 0.3) is 0 Å². The van der Waals surface area contributed by atoms with E-state index in [-0.39, 0.29) is 0 Å². The van der Waals surface area contributed by atoms with Crippen LogP contribution in [0.4, 0.5) is 0 Å². The zero-order valence-electron chi connectivity index (χ0n) is 9.16. The second kappa shape index (κ2) is 4.70. The average molecular weight is 224 g/mol. The van der Waals surface area contributed by atoms with Crippen molar-refractivity contribution < 1.29 is 0 Å². The summed E-state index contributed by atoms with van der Waals surface area (Å²) in [7, 11) is 1.96. The number of thioether (sulfide) groups is 1. The predicted octanol–water partition coefficient (Wildman–Crippen LogP) is 1.17. The molecule has 1 N–H and O–H groups in total. The fraction of sp³-hybridized carbons (Fsp3) is 0.600. The van der Waals surface area contributed by atoms with E-state index in [2.05, 4.69) is 28.5 Å². The minimum Gasteiger partial charge on any atom is -0.361 e. The Morgan fingerprint density at radius 1 is 1.60 bits per heavy atom. The van der Waals surface area contributed by atoms with Gasteiger partial charge >= 0.3 is 0 Å². The number of rotatable bonds is 3. The number of hydrogen-bond acceptors (Lipinski definition) is 4. The molecule has 1 aliphatic rings. The second-order valence-electron chi connectivity index (χ2n) is 3.52. The standard InChI is InChI=1S/C10H16N4S/c1-3-9-8(7-14(2)13-9)6-12-10-11-4-5-15-10/h7H,3-6H2,1-2H3,(H,11,12). The molecule has 4 nitrogen and oxygen atoms in total. The lowest BCUT2D eigenvalue weighted by atomic mass is 10.2. The Bertz CT molecular complexity index is 369. The van der Waals surface area contributed by atoms with Crippen molar-refractivity contribution in [3.05, 3.63) is 17.5 Å². The van der Waals surface area contributed by atoms with Gasteiger partial charge in [-0.05, 0) is 6.42 Å². The molecule has 0 fully saturated rings. The third-order valence-electron chi connectivity index (χ3n) is 2.34. The van der Waals surface area contributed by atoms with Gasteiger partial charge in [0.15, 0.2) is 5.17 Å². The maximum atomic E-state index is 4.40. The molecular formula is C10H16N4S. The molecule has 0 radical (unpaired) electrons. The van der Waals surface area contributed by atoms with Gasteiger partial charge in [-0.1, -0.05) is 18.7 Å². The molecule has 2 rings (SSSR count). The maximum absolute atomic E-state index is 4.40. The normalized spacial score (nSPS) is 15.5. The zero-order valence-corrected chi connectivity index (χ0v) is 9.97. The van der Waals surface area contributed by atoms with Crippen molar-refractivity contribution >= 4 is 16.9 Å². The highest BCUT2D eigenvalue weighted by Gasteiger charge is 2.09. The second-order valence-corrected chi connectivity index (χ2v) is 4.60. The Morgan fingerprint density at radius 3 is 3.13 bits per heavy atom. The maximum Gasteiger partial charge on any atom is 0.156 e. The Balaban J connectivity index is 1.97. The van der Waals surface area contributed by atoms with E-state index >= 15 is 0 Å². The summed E-state index contributed by atoms with van der Waals surface area (Å²) in [5, 5.41) is 8.82. The van der Waals surface area contributed by atoms with Gasteiger partial charge in [-0.3, -0.25) is 9.67 Å². The highest BCUT2D eigenvalue weighted by molar-refractivity contribution is 8.14. The number of aromatic nitrogens is 2. The first-order valence-electron chi connectivity index (χ1n) is 5.22. The van der Waals surface area contributed by atoms with E-state index in [1.165, 1.54) is 11.3 Å². The van der Waals surface area contributed by atoms with Crippen molar-refractivity contribution in [1.82, 2.24) is 15.1 Å². The molecular weight excluding hydrogens is 208 g/mol. The van der Waals surface area contributed by atoms with E-state index in [0.717, 1.165) is 30.4 Å². The van der Waals surface area contributed by atoms with Crippen molar-refractivity contribution in [3.63, 3.8) is 0 Å². The fourth-order valence-electron chi connectivity index (χ4n) is 1.64. The molecule has 0 spiro atoms. The molecule has 1 aromatic rings. The molecule has 0 amide bonds. The average Bonchev–Trinajstić information content (AvgIpc) is 2.83. The highest BCUT2D eigenvalue weighted by Crippen LogP contribution is 2.11. The van der Waals surface area contributed by atoms with Gasteiger partial charge in [0.25, 0.3) is 0 Å². The van der Waals surface area contributed by atoms with Crippen LogP contribution < -0.4 is 5.32 Å². The Kier molecular flexibility index (Phi) is 3.30. The Hall–Kier alpha value is -0.970. The first-order chi connectivity index (χ1) is 7.29. The lowest BCUT2D eigenvalue weighted by molar-refractivity contribution is 0.746. The summed E-state index contributed by atoms with van der Waals surface area (Å²) in [5.74, 6) is 1.11. The monoisotopic (exact) mass is 224 g/mol. The number of aryl methyl sites for hydroxylation is 2. The van der Waals surface area contributed by atoms with Gasteiger partial charge < -0.3 is 5.32 Å². The highest BCUT2D eigenvalue weighted by atomic mass is 32.2. The van der Waals surface area contributed by atoms with Crippen molar-refractivity contribution in [2.75, 3.05) is 12.3 Å².